The maximum atomic E-state index is 6.01. The van der Waals surface area contributed by atoms with Crippen LogP contribution in [-0.4, -0.2) is 10.2 Å². The standard InChI is InChI=1S/C8H7ClN2S/c1-5-7(9)8(11-10-5)6-3-2-4-12-6/h2-4H,1H3,(H,10,11). The Morgan fingerprint density at radius 1 is 1.58 bits per heavy atom. The van der Waals surface area contributed by atoms with Crippen LogP contribution in [0.2, 0.25) is 5.02 Å². The summed E-state index contributed by atoms with van der Waals surface area (Å²) >= 11 is 7.65. The number of halogens is 1. The van der Waals surface area contributed by atoms with E-state index < -0.39 is 0 Å². The summed E-state index contributed by atoms with van der Waals surface area (Å²) in [6.07, 6.45) is 0. The van der Waals surface area contributed by atoms with Gasteiger partial charge in [0.2, 0.25) is 0 Å². The zero-order valence-corrected chi connectivity index (χ0v) is 8.04. The van der Waals surface area contributed by atoms with Gasteiger partial charge in [-0.3, -0.25) is 5.10 Å². The SMILES string of the molecule is Cc1[nH]nc(-c2cccs2)c1Cl. The molecule has 0 aliphatic heterocycles. The fourth-order valence-corrected chi connectivity index (χ4v) is 1.95. The molecule has 0 aromatic carbocycles. The Morgan fingerprint density at radius 2 is 2.42 bits per heavy atom. The van der Waals surface area contributed by atoms with Crippen LogP contribution in [0.4, 0.5) is 0 Å². The molecule has 12 heavy (non-hydrogen) atoms. The molecule has 0 saturated heterocycles. The van der Waals surface area contributed by atoms with Crippen LogP contribution < -0.4 is 0 Å². The van der Waals surface area contributed by atoms with Crippen LogP contribution in [0.15, 0.2) is 17.5 Å². The highest BCUT2D eigenvalue weighted by atomic mass is 35.5. The number of nitrogens with one attached hydrogen (secondary N) is 1. The highest BCUT2D eigenvalue weighted by molar-refractivity contribution is 7.13. The van der Waals surface area contributed by atoms with Crippen LogP contribution in [0.5, 0.6) is 0 Å². The summed E-state index contributed by atoms with van der Waals surface area (Å²) in [5.41, 5.74) is 1.77. The molecular formula is C8H7ClN2S. The molecule has 2 nitrogen and oxygen atoms in total. The molecule has 2 aromatic rings. The van der Waals surface area contributed by atoms with Crippen molar-refractivity contribution in [2.45, 2.75) is 6.92 Å². The lowest BCUT2D eigenvalue weighted by Crippen LogP contribution is -1.71. The third-order valence-electron chi connectivity index (χ3n) is 1.63. The van der Waals surface area contributed by atoms with Crippen LogP contribution in [0.1, 0.15) is 5.69 Å². The second-order valence-corrected chi connectivity index (χ2v) is 3.81. The molecule has 4 heteroatoms. The predicted molar refractivity (Wildman–Crippen MR) is 51.6 cm³/mol. The summed E-state index contributed by atoms with van der Waals surface area (Å²) in [6.45, 7) is 1.91. The van der Waals surface area contributed by atoms with Gasteiger partial charge < -0.3 is 0 Å². The van der Waals surface area contributed by atoms with E-state index in [0.29, 0.717) is 0 Å². The second-order valence-electron chi connectivity index (χ2n) is 2.49. The Labute approximate surface area is 79.2 Å². The van der Waals surface area contributed by atoms with Gasteiger partial charge in [-0.25, -0.2) is 0 Å². The van der Waals surface area contributed by atoms with Gasteiger partial charge in [0.15, 0.2) is 0 Å². The van der Waals surface area contributed by atoms with Gasteiger partial charge in [0.05, 0.1) is 15.6 Å². The molecule has 0 aliphatic rings. The normalized spacial score (nSPS) is 10.5. The summed E-state index contributed by atoms with van der Waals surface area (Å²) in [6, 6.07) is 3.99. The van der Waals surface area contributed by atoms with Gasteiger partial charge in [-0.05, 0) is 18.4 Å². The first kappa shape index (κ1) is 7.83. The highest BCUT2D eigenvalue weighted by Gasteiger charge is 2.09. The number of aryl methyl sites for hydroxylation is 1. The first-order valence-electron chi connectivity index (χ1n) is 3.53. The number of hydrogen-bond acceptors (Lipinski definition) is 2. The molecule has 2 heterocycles. The second kappa shape index (κ2) is 2.92. The van der Waals surface area contributed by atoms with Crippen molar-refractivity contribution in [3.05, 3.63) is 28.2 Å². The molecule has 0 atom stereocenters. The van der Waals surface area contributed by atoms with E-state index in [2.05, 4.69) is 10.2 Å². The minimum absolute atomic E-state index is 0.720. The maximum absolute atomic E-state index is 6.01. The average molecular weight is 199 g/mol. The van der Waals surface area contributed by atoms with E-state index in [-0.39, 0.29) is 0 Å². The van der Waals surface area contributed by atoms with Gasteiger partial charge in [-0.2, -0.15) is 5.10 Å². The molecule has 62 valence electrons. The van der Waals surface area contributed by atoms with E-state index in [1.807, 2.05) is 24.4 Å². The summed E-state index contributed by atoms with van der Waals surface area (Å²) in [7, 11) is 0. The van der Waals surface area contributed by atoms with Gasteiger partial charge in [-0.15, -0.1) is 11.3 Å². The topological polar surface area (TPSA) is 28.7 Å². The molecule has 0 bridgehead atoms. The molecule has 0 amide bonds. The highest BCUT2D eigenvalue weighted by Crippen LogP contribution is 2.30. The van der Waals surface area contributed by atoms with Crippen molar-refractivity contribution in [1.82, 2.24) is 10.2 Å². The first-order chi connectivity index (χ1) is 5.79. The third kappa shape index (κ3) is 1.15. The van der Waals surface area contributed by atoms with E-state index in [1.54, 1.807) is 11.3 Å². The fourth-order valence-electron chi connectivity index (χ4n) is 0.992. The Kier molecular flexibility index (Phi) is 1.90. The number of hydrogen-bond donors (Lipinski definition) is 1. The lowest BCUT2D eigenvalue weighted by atomic mass is 10.3. The zero-order chi connectivity index (χ0) is 8.55. The predicted octanol–water partition coefficient (Wildman–Crippen LogP) is 3.10. The summed E-state index contributed by atoms with van der Waals surface area (Å²) in [5.74, 6) is 0. The summed E-state index contributed by atoms with van der Waals surface area (Å²) in [4.78, 5) is 1.10. The molecule has 0 unspecified atom stereocenters. The largest absolute Gasteiger partial charge is 0.281 e. The van der Waals surface area contributed by atoms with Crippen molar-refractivity contribution in [2.24, 2.45) is 0 Å². The Hall–Kier alpha value is -0.800. The summed E-state index contributed by atoms with van der Waals surface area (Å²) in [5, 5.41) is 9.69. The Morgan fingerprint density at radius 3 is 2.92 bits per heavy atom. The van der Waals surface area contributed by atoms with Crippen LogP contribution in [0.3, 0.4) is 0 Å². The minimum Gasteiger partial charge on any atom is -0.281 e. The van der Waals surface area contributed by atoms with Crippen molar-refractivity contribution in [1.29, 1.82) is 0 Å². The van der Waals surface area contributed by atoms with Crippen molar-refractivity contribution in [2.75, 3.05) is 0 Å². The van der Waals surface area contributed by atoms with Crippen molar-refractivity contribution >= 4 is 22.9 Å². The van der Waals surface area contributed by atoms with Crippen molar-refractivity contribution in [3.63, 3.8) is 0 Å². The van der Waals surface area contributed by atoms with Crippen molar-refractivity contribution in [3.8, 4) is 10.6 Å². The molecule has 0 radical (unpaired) electrons. The number of nitrogens with zero attached hydrogens (tertiary/aromatic N) is 1. The molecule has 1 N–H and O–H groups in total. The third-order valence-corrected chi connectivity index (χ3v) is 2.97. The first-order valence-corrected chi connectivity index (χ1v) is 4.79. The molecule has 0 aliphatic carbocycles. The van der Waals surface area contributed by atoms with E-state index >= 15 is 0 Å². The number of thiophene rings is 1. The lowest BCUT2D eigenvalue weighted by molar-refractivity contribution is 1.05. The number of aromatic amines is 1. The van der Waals surface area contributed by atoms with Gasteiger partial charge in [0.25, 0.3) is 0 Å². The number of aromatic nitrogens is 2. The van der Waals surface area contributed by atoms with Crippen molar-refractivity contribution < 1.29 is 0 Å². The molecular weight excluding hydrogens is 192 g/mol. The molecule has 0 saturated carbocycles. The molecule has 2 aromatic heterocycles. The van der Waals surface area contributed by atoms with E-state index in [4.69, 9.17) is 11.6 Å². The van der Waals surface area contributed by atoms with Gasteiger partial charge in [-0.1, -0.05) is 17.7 Å². The van der Waals surface area contributed by atoms with Gasteiger partial charge >= 0.3 is 0 Å². The lowest BCUT2D eigenvalue weighted by Gasteiger charge is -1.89. The Bertz CT molecular complexity index is 378. The van der Waals surface area contributed by atoms with E-state index in [0.717, 1.165) is 21.3 Å². The smallest absolute Gasteiger partial charge is 0.121 e. The quantitative estimate of drug-likeness (QED) is 0.750. The molecule has 2 rings (SSSR count). The average Bonchev–Trinajstić information content (AvgIpc) is 2.64. The van der Waals surface area contributed by atoms with Crippen LogP contribution in [-0.2, 0) is 0 Å². The molecule has 0 fully saturated rings. The molecule has 0 spiro atoms. The Balaban J connectivity index is 2.55. The number of H-pyrrole nitrogens is 1. The van der Waals surface area contributed by atoms with Gasteiger partial charge in [0.1, 0.15) is 5.69 Å². The fraction of sp³-hybridized carbons (Fsp3) is 0.125. The van der Waals surface area contributed by atoms with E-state index in [1.165, 1.54) is 0 Å². The minimum atomic E-state index is 0.720. The maximum Gasteiger partial charge on any atom is 0.121 e. The van der Waals surface area contributed by atoms with E-state index in [9.17, 15) is 0 Å². The van der Waals surface area contributed by atoms with Crippen LogP contribution in [0.25, 0.3) is 10.6 Å². The number of rotatable bonds is 1. The van der Waals surface area contributed by atoms with Crippen LogP contribution in [0, 0.1) is 6.92 Å². The monoisotopic (exact) mass is 198 g/mol. The van der Waals surface area contributed by atoms with Crippen LogP contribution >= 0.6 is 22.9 Å². The summed E-state index contributed by atoms with van der Waals surface area (Å²) < 4.78 is 0. The zero-order valence-electron chi connectivity index (χ0n) is 6.47. The van der Waals surface area contributed by atoms with Gasteiger partial charge in [0, 0.05) is 0 Å².